The van der Waals surface area contributed by atoms with Crippen LogP contribution < -0.4 is 0 Å². The van der Waals surface area contributed by atoms with Gasteiger partial charge in [0.1, 0.15) is 0 Å². The van der Waals surface area contributed by atoms with E-state index in [9.17, 15) is 21.6 Å². The number of hydrogen-bond donors (Lipinski definition) is 0. The van der Waals surface area contributed by atoms with Gasteiger partial charge in [0, 0.05) is 0 Å². The van der Waals surface area contributed by atoms with Crippen molar-refractivity contribution >= 4 is 19.8 Å². The zero-order valence-corrected chi connectivity index (χ0v) is 7.35. The third-order valence-electron chi connectivity index (χ3n) is 0.531. The molecule has 11 heavy (non-hydrogen) atoms. The van der Waals surface area contributed by atoms with Crippen LogP contribution in [-0.2, 0) is 8.87 Å². The highest BCUT2D eigenvalue weighted by Crippen LogP contribution is 2.32. The molecule has 0 bridgehead atoms. The Kier molecular flexibility index (Phi) is 3.21. The van der Waals surface area contributed by atoms with Crippen molar-refractivity contribution in [3.8, 4) is 0 Å². The lowest BCUT2D eigenvalue weighted by Crippen LogP contribution is -2.22. The van der Waals surface area contributed by atoms with Crippen LogP contribution in [0.5, 0.6) is 0 Å². The van der Waals surface area contributed by atoms with Gasteiger partial charge >= 0.3 is 14.4 Å². The molecule has 0 saturated carbocycles. The molecule has 0 spiro atoms. The van der Waals surface area contributed by atoms with Gasteiger partial charge < -0.3 is 0 Å². The fourth-order valence-corrected chi connectivity index (χ4v) is 2.15. The maximum absolute atomic E-state index is 11.6. The van der Waals surface area contributed by atoms with Crippen molar-refractivity contribution in [3.05, 3.63) is 0 Å². The minimum Gasteiger partial charge on any atom is -0.243 e. The standard InChI is InChI=1S/C3H6F3NO2S2/c1-7(2)10-11(8,9)3(4,5)6/h1-2H3. The Hall–Kier alpha value is 0.0500. The Labute approximate surface area is 66.0 Å². The normalized spacial score (nSPS) is 14.0. The fraction of sp³-hybridized carbons (Fsp3) is 1.00. The Morgan fingerprint density at radius 1 is 1.27 bits per heavy atom. The molecule has 0 radical (unpaired) electrons. The van der Waals surface area contributed by atoms with Crippen molar-refractivity contribution in [1.82, 2.24) is 4.31 Å². The van der Waals surface area contributed by atoms with Gasteiger partial charge in [-0.2, -0.15) is 13.2 Å². The second kappa shape index (κ2) is 3.20. The van der Waals surface area contributed by atoms with Crippen LogP contribution in [0.1, 0.15) is 0 Å². The van der Waals surface area contributed by atoms with Gasteiger partial charge in [-0.1, -0.05) is 0 Å². The SMILES string of the molecule is CN(C)SS(=O)(=O)C(F)(F)F. The summed E-state index contributed by atoms with van der Waals surface area (Å²) < 4.78 is 56.1. The summed E-state index contributed by atoms with van der Waals surface area (Å²) in [5, 5.41) is 0. The van der Waals surface area contributed by atoms with Gasteiger partial charge in [0.2, 0.25) is 0 Å². The first-order chi connectivity index (χ1) is 4.67. The molecular weight excluding hydrogens is 203 g/mol. The van der Waals surface area contributed by atoms with E-state index in [4.69, 9.17) is 0 Å². The van der Waals surface area contributed by atoms with E-state index >= 15 is 0 Å². The lowest BCUT2D eigenvalue weighted by atomic mass is 11.3. The summed E-state index contributed by atoms with van der Waals surface area (Å²) in [6, 6.07) is 0. The average Bonchev–Trinajstić information content (AvgIpc) is 1.56. The Morgan fingerprint density at radius 2 is 1.64 bits per heavy atom. The van der Waals surface area contributed by atoms with E-state index in [0.29, 0.717) is 0 Å². The molecule has 0 aromatic heterocycles. The summed E-state index contributed by atoms with van der Waals surface area (Å²) in [4.78, 5) is 0. The highest BCUT2D eigenvalue weighted by Gasteiger charge is 2.47. The van der Waals surface area contributed by atoms with Gasteiger partial charge in [-0.05, 0) is 14.1 Å². The highest BCUT2D eigenvalue weighted by atomic mass is 33.1. The molecule has 0 amide bonds. The molecule has 0 saturated heterocycles. The predicted octanol–water partition coefficient (Wildman–Crippen LogP) is 1.05. The van der Waals surface area contributed by atoms with E-state index in [1.807, 2.05) is 0 Å². The van der Waals surface area contributed by atoms with E-state index in [2.05, 4.69) is 0 Å². The van der Waals surface area contributed by atoms with Crippen molar-refractivity contribution in [2.45, 2.75) is 5.51 Å². The van der Waals surface area contributed by atoms with Crippen LogP contribution in [0, 0.1) is 0 Å². The molecular formula is C3H6F3NO2S2. The zero-order chi connectivity index (χ0) is 9.28. The second-order valence-corrected chi connectivity index (χ2v) is 5.80. The molecule has 0 N–H and O–H groups in total. The molecule has 0 aliphatic carbocycles. The minimum absolute atomic E-state index is 0.256. The van der Waals surface area contributed by atoms with Crippen LogP contribution in [-0.4, -0.2) is 32.3 Å². The first kappa shape index (κ1) is 11.1. The van der Waals surface area contributed by atoms with Gasteiger partial charge in [0.05, 0.1) is 11.0 Å². The van der Waals surface area contributed by atoms with Gasteiger partial charge in [0.25, 0.3) is 0 Å². The maximum Gasteiger partial charge on any atom is 0.508 e. The smallest absolute Gasteiger partial charge is 0.243 e. The van der Waals surface area contributed by atoms with Crippen molar-refractivity contribution in [3.63, 3.8) is 0 Å². The van der Waals surface area contributed by atoms with Crippen LogP contribution in [0.3, 0.4) is 0 Å². The van der Waals surface area contributed by atoms with Gasteiger partial charge in [-0.3, -0.25) is 0 Å². The first-order valence-electron chi connectivity index (χ1n) is 2.35. The van der Waals surface area contributed by atoms with Crippen LogP contribution >= 0.6 is 11.0 Å². The summed E-state index contributed by atoms with van der Waals surface area (Å²) >= 11 is 0. The molecule has 0 aromatic carbocycles. The molecule has 0 fully saturated rings. The molecule has 0 aliphatic rings. The molecule has 0 rings (SSSR count). The van der Waals surface area contributed by atoms with E-state index in [1.54, 1.807) is 0 Å². The maximum atomic E-state index is 11.6. The van der Waals surface area contributed by atoms with Crippen LogP contribution in [0.2, 0.25) is 0 Å². The van der Waals surface area contributed by atoms with E-state index in [1.165, 1.54) is 14.1 Å². The van der Waals surface area contributed by atoms with Crippen LogP contribution in [0.25, 0.3) is 0 Å². The van der Waals surface area contributed by atoms with Gasteiger partial charge in [0.15, 0.2) is 0 Å². The van der Waals surface area contributed by atoms with Crippen LogP contribution in [0.4, 0.5) is 13.2 Å². The Balaban J connectivity index is 4.51. The van der Waals surface area contributed by atoms with Crippen molar-refractivity contribution in [1.29, 1.82) is 0 Å². The number of alkyl halides is 3. The third-order valence-corrected chi connectivity index (χ3v) is 3.64. The summed E-state index contributed by atoms with van der Waals surface area (Å²) in [5.41, 5.74) is -5.18. The number of nitrogens with zero attached hydrogens (tertiary/aromatic N) is 1. The van der Waals surface area contributed by atoms with E-state index < -0.39 is 14.4 Å². The lowest BCUT2D eigenvalue weighted by molar-refractivity contribution is -0.0410. The summed E-state index contributed by atoms with van der Waals surface area (Å²) in [6.07, 6.45) is 0. The second-order valence-electron chi connectivity index (χ2n) is 1.79. The van der Waals surface area contributed by atoms with Crippen molar-refractivity contribution in [2.75, 3.05) is 14.1 Å². The van der Waals surface area contributed by atoms with Crippen molar-refractivity contribution < 1.29 is 21.6 Å². The topological polar surface area (TPSA) is 37.4 Å². The monoisotopic (exact) mass is 209 g/mol. The van der Waals surface area contributed by atoms with Gasteiger partial charge in [-0.15, -0.1) is 0 Å². The number of halogens is 3. The largest absolute Gasteiger partial charge is 0.508 e. The van der Waals surface area contributed by atoms with Crippen LogP contribution in [0.15, 0.2) is 0 Å². The summed E-state index contributed by atoms with van der Waals surface area (Å²) in [5.74, 6) is 0. The molecule has 0 unspecified atom stereocenters. The van der Waals surface area contributed by atoms with Crippen molar-refractivity contribution in [2.24, 2.45) is 0 Å². The quantitative estimate of drug-likeness (QED) is 0.503. The fourth-order valence-electron chi connectivity index (χ4n) is 0.239. The minimum atomic E-state index is -5.18. The third kappa shape index (κ3) is 3.30. The molecule has 0 atom stereocenters. The van der Waals surface area contributed by atoms with E-state index in [-0.39, 0.29) is 11.0 Å². The summed E-state index contributed by atoms with van der Waals surface area (Å²) in [7, 11) is -2.88. The molecule has 0 aliphatic heterocycles. The van der Waals surface area contributed by atoms with Gasteiger partial charge in [-0.25, -0.2) is 12.7 Å². The molecule has 68 valence electrons. The summed E-state index contributed by atoms with van der Waals surface area (Å²) in [6.45, 7) is 0. The molecule has 8 heteroatoms. The predicted molar refractivity (Wildman–Crippen MR) is 36.3 cm³/mol. The lowest BCUT2D eigenvalue weighted by Gasteiger charge is -2.10. The zero-order valence-electron chi connectivity index (χ0n) is 5.71. The van der Waals surface area contributed by atoms with E-state index in [0.717, 1.165) is 4.31 Å². The molecule has 3 nitrogen and oxygen atoms in total. The number of rotatable bonds is 2. The average molecular weight is 209 g/mol. The Morgan fingerprint density at radius 3 is 1.73 bits per heavy atom. The highest BCUT2D eigenvalue weighted by molar-refractivity contribution is 8.71. The first-order valence-corrected chi connectivity index (χ1v) is 5.12. The molecule has 0 aromatic rings. The number of hydrogen-bond acceptors (Lipinski definition) is 4. The Bertz CT molecular complexity index is 219. The molecule has 0 heterocycles.